The lowest BCUT2D eigenvalue weighted by Gasteiger charge is -2.19. The van der Waals surface area contributed by atoms with Crippen LogP contribution in [0.5, 0.6) is 0 Å². The van der Waals surface area contributed by atoms with Crippen molar-refractivity contribution in [1.29, 1.82) is 0 Å². The number of ether oxygens (including phenoxy) is 1. The summed E-state index contributed by atoms with van der Waals surface area (Å²) < 4.78 is 5.07. The molecule has 0 aliphatic rings. The van der Waals surface area contributed by atoms with Crippen LogP contribution in [0.3, 0.4) is 0 Å². The number of carbonyl (C=O) groups excluding carboxylic acids is 1. The van der Waals surface area contributed by atoms with E-state index in [4.69, 9.17) is 21.4 Å². The summed E-state index contributed by atoms with van der Waals surface area (Å²) in [6.07, 6.45) is 2.72. The first-order chi connectivity index (χ1) is 9.69. The van der Waals surface area contributed by atoms with Crippen LogP contribution in [-0.2, 0) is 4.74 Å². The number of nitrogens with one attached hydrogen (secondary N) is 1. The number of hydrogen-bond donors (Lipinski definition) is 2. The normalized spacial score (nSPS) is 11.4. The molecule has 0 atom stereocenters. The summed E-state index contributed by atoms with van der Waals surface area (Å²) in [6.45, 7) is 5.55. The van der Waals surface area contributed by atoms with Crippen LogP contribution >= 0.6 is 11.6 Å². The summed E-state index contributed by atoms with van der Waals surface area (Å²) in [4.78, 5) is 22.5. The Morgan fingerprint density at radius 1 is 1.38 bits per heavy atom. The number of hydrogen-bond acceptors (Lipinski definition) is 3. The molecule has 0 saturated carbocycles. The van der Waals surface area contributed by atoms with Gasteiger partial charge in [0, 0.05) is 11.6 Å². The molecular formula is C15H18ClNO4. The molecule has 0 saturated heterocycles. The number of halogens is 1. The average Bonchev–Trinajstić information content (AvgIpc) is 2.33. The van der Waals surface area contributed by atoms with Crippen LogP contribution in [0.1, 0.15) is 36.7 Å². The lowest BCUT2D eigenvalue weighted by molar-refractivity contribution is 0.0533. The number of aromatic carboxylic acids is 1. The maximum absolute atomic E-state index is 11.4. The summed E-state index contributed by atoms with van der Waals surface area (Å²) in [7, 11) is 0. The standard InChI is InChI=1S/C15H18ClNO4/c1-15(2,3)21-14(20)17-8-4-5-10-6-7-11(16)9-12(10)13(18)19/h4-7,9H,8H2,1-3H3,(H,17,20)(H,18,19). The van der Waals surface area contributed by atoms with Crippen molar-refractivity contribution in [2.24, 2.45) is 0 Å². The summed E-state index contributed by atoms with van der Waals surface area (Å²) in [5.41, 5.74) is 0.0643. The Morgan fingerprint density at radius 3 is 2.62 bits per heavy atom. The van der Waals surface area contributed by atoms with E-state index in [2.05, 4.69) is 5.32 Å². The van der Waals surface area contributed by atoms with Crippen molar-refractivity contribution in [1.82, 2.24) is 5.32 Å². The van der Waals surface area contributed by atoms with Gasteiger partial charge in [0.2, 0.25) is 0 Å². The van der Waals surface area contributed by atoms with E-state index in [1.807, 2.05) is 0 Å². The molecule has 0 bridgehead atoms. The van der Waals surface area contributed by atoms with E-state index < -0.39 is 17.7 Å². The molecule has 1 aromatic carbocycles. The summed E-state index contributed by atoms with van der Waals surface area (Å²) in [5.74, 6) is -1.06. The van der Waals surface area contributed by atoms with Crippen LogP contribution in [0.2, 0.25) is 5.02 Å². The van der Waals surface area contributed by atoms with Crippen LogP contribution in [0.25, 0.3) is 6.08 Å². The molecular weight excluding hydrogens is 294 g/mol. The van der Waals surface area contributed by atoms with Crippen LogP contribution in [-0.4, -0.2) is 29.3 Å². The van der Waals surface area contributed by atoms with E-state index in [0.29, 0.717) is 10.6 Å². The van der Waals surface area contributed by atoms with Gasteiger partial charge in [0.15, 0.2) is 0 Å². The second-order valence-corrected chi connectivity index (χ2v) is 5.76. The molecule has 0 aromatic heterocycles. The summed E-state index contributed by atoms with van der Waals surface area (Å²) in [6, 6.07) is 4.59. The van der Waals surface area contributed by atoms with E-state index in [1.165, 1.54) is 6.07 Å². The second kappa shape index (κ2) is 7.13. The Labute approximate surface area is 128 Å². The maximum atomic E-state index is 11.4. The van der Waals surface area contributed by atoms with Gasteiger partial charge in [0.1, 0.15) is 5.60 Å². The van der Waals surface area contributed by atoms with Crippen molar-refractivity contribution in [3.63, 3.8) is 0 Å². The number of benzene rings is 1. The minimum atomic E-state index is -1.06. The lowest BCUT2D eigenvalue weighted by atomic mass is 10.1. The highest BCUT2D eigenvalue weighted by molar-refractivity contribution is 6.31. The Kier molecular flexibility index (Phi) is 5.79. The monoisotopic (exact) mass is 311 g/mol. The van der Waals surface area contributed by atoms with Gasteiger partial charge in [-0.25, -0.2) is 9.59 Å². The van der Waals surface area contributed by atoms with Crippen molar-refractivity contribution >= 4 is 29.7 Å². The average molecular weight is 312 g/mol. The second-order valence-electron chi connectivity index (χ2n) is 5.32. The van der Waals surface area contributed by atoms with Gasteiger partial charge in [0.25, 0.3) is 0 Å². The fourth-order valence-electron chi connectivity index (χ4n) is 1.50. The van der Waals surface area contributed by atoms with Crippen LogP contribution in [0.4, 0.5) is 4.79 Å². The third-order valence-electron chi connectivity index (χ3n) is 2.31. The fourth-order valence-corrected chi connectivity index (χ4v) is 1.67. The summed E-state index contributed by atoms with van der Waals surface area (Å²) >= 11 is 5.76. The zero-order chi connectivity index (χ0) is 16.0. The molecule has 0 radical (unpaired) electrons. The Bertz CT molecular complexity index is 561. The molecule has 0 fully saturated rings. The molecule has 0 heterocycles. The van der Waals surface area contributed by atoms with Gasteiger partial charge >= 0.3 is 12.1 Å². The summed E-state index contributed by atoms with van der Waals surface area (Å²) in [5, 5.41) is 12.0. The topological polar surface area (TPSA) is 75.6 Å². The van der Waals surface area contributed by atoms with Crippen LogP contribution < -0.4 is 5.32 Å². The predicted molar refractivity (Wildman–Crippen MR) is 81.7 cm³/mol. The molecule has 114 valence electrons. The van der Waals surface area contributed by atoms with E-state index in [-0.39, 0.29) is 12.1 Å². The third-order valence-corrected chi connectivity index (χ3v) is 2.54. The van der Waals surface area contributed by atoms with Gasteiger partial charge in [-0.2, -0.15) is 0 Å². The van der Waals surface area contributed by atoms with E-state index in [9.17, 15) is 9.59 Å². The molecule has 0 unspecified atom stereocenters. The molecule has 21 heavy (non-hydrogen) atoms. The first-order valence-electron chi connectivity index (χ1n) is 6.35. The zero-order valence-corrected chi connectivity index (χ0v) is 12.9. The number of alkyl carbamates (subject to hydrolysis) is 1. The van der Waals surface area contributed by atoms with E-state index in [1.54, 1.807) is 45.1 Å². The van der Waals surface area contributed by atoms with Gasteiger partial charge in [-0.15, -0.1) is 0 Å². The highest BCUT2D eigenvalue weighted by Crippen LogP contribution is 2.17. The van der Waals surface area contributed by atoms with Gasteiger partial charge in [-0.3, -0.25) is 0 Å². The largest absolute Gasteiger partial charge is 0.478 e. The van der Waals surface area contributed by atoms with Crippen molar-refractivity contribution in [2.75, 3.05) is 6.54 Å². The first-order valence-corrected chi connectivity index (χ1v) is 6.73. The smallest absolute Gasteiger partial charge is 0.407 e. The molecule has 0 aliphatic carbocycles. The zero-order valence-electron chi connectivity index (χ0n) is 12.1. The van der Waals surface area contributed by atoms with Crippen molar-refractivity contribution in [3.8, 4) is 0 Å². The molecule has 5 nitrogen and oxygen atoms in total. The predicted octanol–water partition coefficient (Wildman–Crippen LogP) is 3.58. The Hall–Kier alpha value is -2.01. The van der Waals surface area contributed by atoms with E-state index in [0.717, 1.165) is 0 Å². The number of amides is 1. The Balaban J connectivity index is 2.62. The molecule has 2 N–H and O–H groups in total. The van der Waals surface area contributed by atoms with Crippen molar-refractivity contribution < 1.29 is 19.4 Å². The van der Waals surface area contributed by atoms with Crippen LogP contribution in [0.15, 0.2) is 24.3 Å². The fraction of sp³-hybridized carbons (Fsp3) is 0.333. The quantitative estimate of drug-likeness (QED) is 0.891. The first kappa shape index (κ1) is 17.0. The molecule has 0 spiro atoms. The number of carboxylic acids is 1. The van der Waals surface area contributed by atoms with Gasteiger partial charge in [0.05, 0.1) is 5.56 Å². The van der Waals surface area contributed by atoms with E-state index >= 15 is 0 Å². The van der Waals surface area contributed by atoms with Crippen LogP contribution in [0, 0.1) is 0 Å². The number of carbonyl (C=O) groups is 2. The Morgan fingerprint density at radius 2 is 2.05 bits per heavy atom. The minimum absolute atomic E-state index is 0.107. The molecule has 6 heteroatoms. The molecule has 1 rings (SSSR count). The third kappa shape index (κ3) is 6.31. The molecule has 1 amide bonds. The number of carboxylic acid groups (broad SMARTS) is 1. The highest BCUT2D eigenvalue weighted by Gasteiger charge is 2.15. The maximum Gasteiger partial charge on any atom is 0.407 e. The van der Waals surface area contributed by atoms with Gasteiger partial charge < -0.3 is 15.2 Å². The van der Waals surface area contributed by atoms with Crippen molar-refractivity contribution in [3.05, 3.63) is 40.4 Å². The van der Waals surface area contributed by atoms with Gasteiger partial charge in [-0.05, 0) is 38.5 Å². The molecule has 0 aliphatic heterocycles. The minimum Gasteiger partial charge on any atom is -0.478 e. The van der Waals surface area contributed by atoms with Crippen molar-refractivity contribution in [2.45, 2.75) is 26.4 Å². The lowest BCUT2D eigenvalue weighted by Crippen LogP contribution is -2.32. The highest BCUT2D eigenvalue weighted by atomic mass is 35.5. The molecule has 1 aromatic rings. The number of rotatable bonds is 4. The van der Waals surface area contributed by atoms with Gasteiger partial charge in [-0.1, -0.05) is 29.8 Å². The SMILES string of the molecule is CC(C)(C)OC(=O)NCC=Cc1ccc(Cl)cc1C(=O)O.